The zero-order valence-corrected chi connectivity index (χ0v) is 19.3. The molecule has 33 heavy (non-hydrogen) atoms. The Hall–Kier alpha value is -3.35. The van der Waals surface area contributed by atoms with Gasteiger partial charge in [-0.2, -0.15) is 0 Å². The van der Waals surface area contributed by atoms with E-state index in [1.807, 2.05) is 64.9 Å². The lowest BCUT2D eigenvalue weighted by Gasteiger charge is -2.40. The minimum atomic E-state index is -0.138. The van der Waals surface area contributed by atoms with Crippen LogP contribution in [0.2, 0.25) is 0 Å². The number of amides is 1. The van der Waals surface area contributed by atoms with Gasteiger partial charge in [-0.3, -0.25) is 9.69 Å². The number of nitrogens with zero attached hydrogens (tertiary/aromatic N) is 2. The third kappa shape index (κ3) is 4.19. The molecule has 4 aromatic rings. The maximum absolute atomic E-state index is 12.8. The normalized spacial score (nSPS) is 15.5. The molecular weight excluding hydrogens is 432 g/mol. The zero-order chi connectivity index (χ0) is 22.8. The van der Waals surface area contributed by atoms with Gasteiger partial charge in [0.15, 0.2) is 0 Å². The van der Waals surface area contributed by atoms with Crippen LogP contribution in [0.1, 0.15) is 26.8 Å². The maximum atomic E-state index is 12.8. The number of thiophene rings is 1. The molecule has 1 amide bonds. The predicted molar refractivity (Wildman–Crippen MR) is 132 cm³/mol. The Morgan fingerprint density at radius 3 is 2.42 bits per heavy atom. The number of benzene rings is 3. The van der Waals surface area contributed by atoms with Gasteiger partial charge < -0.3 is 14.7 Å². The van der Waals surface area contributed by atoms with E-state index in [9.17, 15) is 9.90 Å². The summed E-state index contributed by atoms with van der Waals surface area (Å²) in [6.07, 6.45) is 0. The fraction of sp³-hybridized carbons (Fsp3) is 0.222. The summed E-state index contributed by atoms with van der Waals surface area (Å²) in [7, 11) is 1.65. The van der Waals surface area contributed by atoms with Crippen molar-refractivity contribution in [3.8, 4) is 11.5 Å². The molecule has 1 atom stereocenters. The van der Waals surface area contributed by atoms with E-state index in [0.29, 0.717) is 13.1 Å². The number of hydrogen-bond acceptors (Lipinski definition) is 5. The van der Waals surface area contributed by atoms with Crippen molar-refractivity contribution in [2.75, 3.05) is 33.3 Å². The molecule has 0 aliphatic carbocycles. The van der Waals surface area contributed by atoms with E-state index in [4.69, 9.17) is 4.74 Å². The molecule has 5 nitrogen and oxygen atoms in total. The van der Waals surface area contributed by atoms with Crippen LogP contribution in [0.5, 0.6) is 11.5 Å². The van der Waals surface area contributed by atoms with Crippen molar-refractivity contribution in [3.05, 3.63) is 94.2 Å². The summed E-state index contributed by atoms with van der Waals surface area (Å²) in [5.74, 6) is 1.12. The first-order valence-corrected chi connectivity index (χ1v) is 11.9. The molecular formula is C27H26N2O3S. The molecule has 1 unspecified atom stereocenters. The number of piperazine rings is 1. The Balaban J connectivity index is 1.53. The van der Waals surface area contributed by atoms with Gasteiger partial charge in [-0.1, -0.05) is 48.5 Å². The fourth-order valence-electron chi connectivity index (χ4n) is 4.66. The zero-order valence-electron chi connectivity index (χ0n) is 18.5. The Kier molecular flexibility index (Phi) is 6.03. The van der Waals surface area contributed by atoms with Crippen LogP contribution in [-0.4, -0.2) is 54.1 Å². The molecule has 1 aliphatic rings. The second-order valence-electron chi connectivity index (χ2n) is 8.20. The summed E-state index contributed by atoms with van der Waals surface area (Å²) in [5.41, 5.74) is 1.98. The van der Waals surface area contributed by atoms with Crippen molar-refractivity contribution in [1.29, 1.82) is 0 Å². The van der Waals surface area contributed by atoms with Crippen LogP contribution in [0.4, 0.5) is 0 Å². The van der Waals surface area contributed by atoms with Crippen LogP contribution in [-0.2, 0) is 0 Å². The van der Waals surface area contributed by atoms with E-state index in [-0.39, 0.29) is 17.7 Å². The van der Waals surface area contributed by atoms with E-state index < -0.39 is 0 Å². The summed E-state index contributed by atoms with van der Waals surface area (Å²) < 4.78 is 5.49. The summed E-state index contributed by atoms with van der Waals surface area (Å²) in [6.45, 7) is 2.73. The van der Waals surface area contributed by atoms with E-state index in [1.165, 1.54) is 11.3 Å². The van der Waals surface area contributed by atoms with Crippen LogP contribution in [0.25, 0.3) is 10.8 Å². The van der Waals surface area contributed by atoms with Crippen molar-refractivity contribution in [2.45, 2.75) is 6.04 Å². The highest BCUT2D eigenvalue weighted by Gasteiger charge is 2.31. The Morgan fingerprint density at radius 1 is 0.970 bits per heavy atom. The molecule has 0 radical (unpaired) electrons. The minimum absolute atomic E-state index is 0.0960. The Bertz CT molecular complexity index is 1250. The molecule has 1 N–H and O–H groups in total. The third-order valence-electron chi connectivity index (χ3n) is 6.33. The largest absolute Gasteiger partial charge is 0.508 e. The van der Waals surface area contributed by atoms with Gasteiger partial charge in [0.2, 0.25) is 0 Å². The number of fused-ring (bicyclic) bond motifs is 1. The monoisotopic (exact) mass is 458 g/mol. The van der Waals surface area contributed by atoms with Crippen LogP contribution in [0.3, 0.4) is 0 Å². The summed E-state index contributed by atoms with van der Waals surface area (Å²) in [5, 5.41) is 15.0. The van der Waals surface area contributed by atoms with Crippen molar-refractivity contribution in [1.82, 2.24) is 9.80 Å². The van der Waals surface area contributed by atoms with Crippen LogP contribution in [0, 0.1) is 0 Å². The molecule has 0 spiro atoms. The number of ether oxygens (including phenoxy) is 1. The van der Waals surface area contributed by atoms with Crippen molar-refractivity contribution >= 4 is 28.0 Å². The average Bonchev–Trinajstić information content (AvgIpc) is 3.41. The molecule has 1 saturated heterocycles. The van der Waals surface area contributed by atoms with E-state index >= 15 is 0 Å². The number of hydrogen-bond donors (Lipinski definition) is 1. The first-order chi connectivity index (χ1) is 16.2. The molecule has 3 aromatic carbocycles. The lowest BCUT2D eigenvalue weighted by Crippen LogP contribution is -2.49. The van der Waals surface area contributed by atoms with Crippen LogP contribution in [0.15, 0.2) is 78.2 Å². The molecule has 1 fully saturated rings. The number of rotatable bonds is 5. The SMILES string of the molecule is COc1ccc2ccc(O)c(C(c3ccccc3)N3CCN(C(=O)c4cccs4)CC3)c2c1. The standard InChI is InChI=1S/C27H26N2O3S/c1-32-21-11-9-19-10-12-23(30)25(22(19)18-21)26(20-6-3-2-4-7-20)28-13-15-29(16-14-28)27(31)24-8-5-17-33-24/h2-12,17-18,26,30H,13-16H2,1H3. The van der Waals surface area contributed by atoms with Crippen LogP contribution < -0.4 is 4.74 Å². The van der Waals surface area contributed by atoms with Gasteiger partial charge in [0.05, 0.1) is 18.0 Å². The fourth-order valence-corrected chi connectivity index (χ4v) is 5.35. The Morgan fingerprint density at radius 2 is 1.73 bits per heavy atom. The van der Waals surface area contributed by atoms with Gasteiger partial charge in [-0.25, -0.2) is 0 Å². The number of methoxy groups -OCH3 is 1. The number of phenolic OH excluding ortho intramolecular Hbond substituents is 1. The molecule has 0 bridgehead atoms. The Labute approximate surface area is 197 Å². The van der Waals surface area contributed by atoms with Crippen molar-refractivity contribution in [3.63, 3.8) is 0 Å². The van der Waals surface area contributed by atoms with Gasteiger partial charge >= 0.3 is 0 Å². The number of carbonyl (C=O) groups is 1. The topological polar surface area (TPSA) is 53.0 Å². The smallest absolute Gasteiger partial charge is 0.264 e. The highest BCUT2D eigenvalue weighted by atomic mass is 32.1. The first kappa shape index (κ1) is 21.5. The minimum Gasteiger partial charge on any atom is -0.508 e. The van der Waals surface area contributed by atoms with Gasteiger partial charge in [-0.15, -0.1) is 11.3 Å². The molecule has 1 aliphatic heterocycles. The molecule has 168 valence electrons. The van der Waals surface area contributed by atoms with Gasteiger partial charge in [0.25, 0.3) is 5.91 Å². The average molecular weight is 459 g/mol. The molecule has 0 saturated carbocycles. The highest BCUT2D eigenvalue weighted by molar-refractivity contribution is 7.12. The summed E-state index contributed by atoms with van der Waals surface area (Å²) in [6, 6.07) is 23.6. The lowest BCUT2D eigenvalue weighted by molar-refractivity contribution is 0.0601. The van der Waals surface area contributed by atoms with Gasteiger partial charge in [0, 0.05) is 31.7 Å². The maximum Gasteiger partial charge on any atom is 0.264 e. The highest BCUT2D eigenvalue weighted by Crippen LogP contribution is 2.40. The quantitative estimate of drug-likeness (QED) is 0.449. The van der Waals surface area contributed by atoms with Crippen LogP contribution >= 0.6 is 11.3 Å². The first-order valence-electron chi connectivity index (χ1n) is 11.1. The predicted octanol–water partition coefficient (Wildman–Crippen LogP) is 5.16. The summed E-state index contributed by atoms with van der Waals surface area (Å²) in [4.78, 5) is 17.9. The molecule has 1 aromatic heterocycles. The van der Waals surface area contributed by atoms with E-state index in [1.54, 1.807) is 13.2 Å². The van der Waals surface area contributed by atoms with Crippen molar-refractivity contribution < 1.29 is 14.6 Å². The van der Waals surface area contributed by atoms with E-state index in [0.717, 1.165) is 45.6 Å². The van der Waals surface area contributed by atoms with Crippen molar-refractivity contribution in [2.24, 2.45) is 0 Å². The summed E-state index contributed by atoms with van der Waals surface area (Å²) >= 11 is 1.48. The second-order valence-corrected chi connectivity index (χ2v) is 9.15. The van der Waals surface area contributed by atoms with Gasteiger partial charge in [-0.05, 0) is 46.0 Å². The van der Waals surface area contributed by atoms with Gasteiger partial charge in [0.1, 0.15) is 11.5 Å². The second kappa shape index (κ2) is 9.25. The number of carbonyl (C=O) groups excluding carboxylic acids is 1. The number of phenols is 1. The lowest BCUT2D eigenvalue weighted by atomic mass is 9.91. The third-order valence-corrected chi connectivity index (χ3v) is 7.19. The molecule has 2 heterocycles. The molecule has 5 rings (SSSR count). The molecule has 6 heteroatoms. The number of aromatic hydroxyl groups is 1. The van der Waals surface area contributed by atoms with E-state index in [2.05, 4.69) is 17.0 Å².